The molecule has 0 radical (unpaired) electrons. The smallest absolute Gasteiger partial charge is 0.0910 e. The van der Waals surface area contributed by atoms with Crippen molar-refractivity contribution < 1.29 is 0 Å². The van der Waals surface area contributed by atoms with Crippen molar-refractivity contribution >= 4 is 11.4 Å². The Kier molecular flexibility index (Phi) is 2.16. The summed E-state index contributed by atoms with van der Waals surface area (Å²) < 4.78 is 0. The summed E-state index contributed by atoms with van der Waals surface area (Å²) in [5.41, 5.74) is 8.43. The highest BCUT2D eigenvalue weighted by Gasteiger charge is 2.28. The molecule has 0 atom stereocenters. The second-order valence-corrected chi connectivity index (χ2v) is 5.80. The molecule has 2 heteroatoms. The molecule has 2 aromatic carbocycles. The summed E-state index contributed by atoms with van der Waals surface area (Å²) in [4.78, 5) is 4.98. The fourth-order valence-electron chi connectivity index (χ4n) is 3.24. The van der Waals surface area contributed by atoms with E-state index in [-0.39, 0.29) is 0 Å². The first-order valence-electron chi connectivity index (χ1n) is 6.90. The van der Waals surface area contributed by atoms with Gasteiger partial charge in [-0.2, -0.15) is 0 Å². The number of nitrogens with zero attached hydrogens (tertiary/aromatic N) is 2. The van der Waals surface area contributed by atoms with Gasteiger partial charge in [-0.3, -0.25) is 0 Å². The van der Waals surface area contributed by atoms with Crippen LogP contribution in [-0.2, 0) is 13.1 Å². The third-order valence-electron chi connectivity index (χ3n) is 4.23. The summed E-state index contributed by atoms with van der Waals surface area (Å²) in [5, 5.41) is 0. The van der Waals surface area contributed by atoms with E-state index in [1.54, 1.807) is 0 Å². The van der Waals surface area contributed by atoms with Gasteiger partial charge in [0.05, 0.1) is 6.67 Å². The van der Waals surface area contributed by atoms with E-state index in [9.17, 15) is 0 Å². The van der Waals surface area contributed by atoms with Crippen LogP contribution in [0.15, 0.2) is 36.4 Å². The summed E-state index contributed by atoms with van der Waals surface area (Å²) in [6.07, 6.45) is 0. The van der Waals surface area contributed by atoms with E-state index in [1.807, 2.05) is 0 Å². The van der Waals surface area contributed by atoms with Gasteiger partial charge >= 0.3 is 0 Å². The Morgan fingerprint density at radius 1 is 0.737 bits per heavy atom. The molecule has 96 valence electrons. The van der Waals surface area contributed by atoms with Gasteiger partial charge in [0.2, 0.25) is 0 Å². The lowest BCUT2D eigenvalue weighted by molar-refractivity contribution is 0.650. The average molecular weight is 250 g/mol. The molecule has 0 spiro atoms. The monoisotopic (exact) mass is 250 g/mol. The Bertz CT molecular complexity index is 603. The highest BCUT2D eigenvalue weighted by Crippen LogP contribution is 2.38. The normalized spacial score (nSPS) is 16.1. The summed E-state index contributed by atoms with van der Waals surface area (Å²) >= 11 is 0. The van der Waals surface area contributed by atoms with Gasteiger partial charge in [-0.05, 0) is 48.2 Å². The molecule has 0 N–H and O–H groups in total. The van der Waals surface area contributed by atoms with Crippen molar-refractivity contribution in [2.45, 2.75) is 26.9 Å². The number of hydrogen-bond donors (Lipinski definition) is 0. The van der Waals surface area contributed by atoms with Gasteiger partial charge in [0.15, 0.2) is 0 Å². The van der Waals surface area contributed by atoms with Gasteiger partial charge in [-0.1, -0.05) is 24.3 Å². The molecule has 4 rings (SSSR count). The molecule has 0 saturated heterocycles. The lowest BCUT2D eigenvalue weighted by atomic mass is 9.99. The van der Waals surface area contributed by atoms with Crippen molar-refractivity contribution in [3.63, 3.8) is 0 Å². The van der Waals surface area contributed by atoms with Crippen molar-refractivity contribution in [1.29, 1.82) is 0 Å². The fourth-order valence-corrected chi connectivity index (χ4v) is 3.24. The van der Waals surface area contributed by atoms with Crippen LogP contribution in [-0.4, -0.2) is 6.67 Å². The minimum Gasteiger partial charge on any atom is -0.349 e. The van der Waals surface area contributed by atoms with Gasteiger partial charge in [-0.15, -0.1) is 0 Å². The van der Waals surface area contributed by atoms with Gasteiger partial charge in [0, 0.05) is 24.5 Å². The van der Waals surface area contributed by atoms with Crippen LogP contribution in [0.5, 0.6) is 0 Å². The van der Waals surface area contributed by atoms with E-state index >= 15 is 0 Å². The maximum absolute atomic E-state index is 2.49. The largest absolute Gasteiger partial charge is 0.349 e. The van der Waals surface area contributed by atoms with Gasteiger partial charge in [0.25, 0.3) is 0 Å². The fraction of sp³-hybridized carbons (Fsp3) is 0.294. The zero-order valence-electron chi connectivity index (χ0n) is 11.5. The first-order valence-corrected chi connectivity index (χ1v) is 6.90. The van der Waals surface area contributed by atoms with Crippen molar-refractivity contribution in [1.82, 2.24) is 0 Å². The molecule has 0 saturated carbocycles. The second-order valence-electron chi connectivity index (χ2n) is 5.80. The Morgan fingerprint density at radius 3 is 1.68 bits per heavy atom. The predicted octanol–water partition coefficient (Wildman–Crippen LogP) is 3.60. The maximum atomic E-state index is 2.49. The zero-order valence-corrected chi connectivity index (χ0v) is 11.5. The van der Waals surface area contributed by atoms with E-state index in [0.29, 0.717) is 0 Å². The molecule has 0 aliphatic carbocycles. The van der Waals surface area contributed by atoms with Gasteiger partial charge < -0.3 is 9.80 Å². The van der Waals surface area contributed by atoms with E-state index in [2.05, 4.69) is 60.0 Å². The summed E-state index contributed by atoms with van der Waals surface area (Å²) in [5.74, 6) is 0. The van der Waals surface area contributed by atoms with Gasteiger partial charge in [-0.25, -0.2) is 0 Å². The van der Waals surface area contributed by atoms with Crippen LogP contribution in [0, 0.1) is 13.8 Å². The van der Waals surface area contributed by atoms with E-state index in [4.69, 9.17) is 0 Å². The molecule has 2 aromatic rings. The molecule has 0 aromatic heterocycles. The number of aryl methyl sites for hydroxylation is 2. The van der Waals surface area contributed by atoms with Crippen LogP contribution in [0.25, 0.3) is 0 Å². The van der Waals surface area contributed by atoms with Crippen LogP contribution >= 0.6 is 0 Å². The molecular formula is C17H18N2. The topological polar surface area (TPSA) is 6.48 Å². The zero-order chi connectivity index (χ0) is 13.0. The minimum atomic E-state index is 1.02. The highest BCUT2D eigenvalue weighted by atomic mass is 15.4. The maximum Gasteiger partial charge on any atom is 0.0910 e. The van der Waals surface area contributed by atoms with Crippen molar-refractivity contribution in [2.24, 2.45) is 0 Å². The highest BCUT2D eigenvalue weighted by molar-refractivity contribution is 5.68. The number of benzene rings is 2. The lowest BCUT2D eigenvalue weighted by Gasteiger charge is -2.45. The summed E-state index contributed by atoms with van der Waals surface area (Å²) in [6, 6.07) is 13.7. The standard InChI is InChI=1S/C17H18N2/c1-12-3-5-14-9-19-11-18(16(14)7-12)10-15-6-4-13(2)8-17(15)19/h3-8H,9-11H2,1-2H3. The third kappa shape index (κ3) is 1.63. The van der Waals surface area contributed by atoms with Crippen molar-refractivity contribution in [2.75, 3.05) is 16.5 Å². The molecule has 2 bridgehead atoms. The first kappa shape index (κ1) is 10.9. The number of anilines is 2. The van der Waals surface area contributed by atoms with Crippen molar-refractivity contribution in [3.05, 3.63) is 58.7 Å². The Balaban J connectivity index is 1.84. The summed E-state index contributed by atoms with van der Waals surface area (Å²) in [7, 11) is 0. The molecular weight excluding hydrogens is 232 g/mol. The Hall–Kier alpha value is -1.96. The van der Waals surface area contributed by atoms with Crippen LogP contribution < -0.4 is 9.80 Å². The van der Waals surface area contributed by atoms with Crippen LogP contribution in [0.2, 0.25) is 0 Å². The van der Waals surface area contributed by atoms with Gasteiger partial charge in [0.1, 0.15) is 0 Å². The number of rotatable bonds is 0. The van der Waals surface area contributed by atoms with Crippen molar-refractivity contribution in [3.8, 4) is 0 Å². The second kappa shape index (κ2) is 3.77. The first-order chi connectivity index (χ1) is 9.20. The molecule has 2 nitrogen and oxygen atoms in total. The van der Waals surface area contributed by atoms with Crippen LogP contribution in [0.1, 0.15) is 22.3 Å². The van der Waals surface area contributed by atoms with E-state index in [0.717, 1.165) is 19.8 Å². The number of hydrogen-bond acceptors (Lipinski definition) is 2. The van der Waals surface area contributed by atoms with E-state index in [1.165, 1.54) is 33.6 Å². The van der Waals surface area contributed by atoms with Crippen LogP contribution in [0.3, 0.4) is 0 Å². The quantitative estimate of drug-likeness (QED) is 0.705. The van der Waals surface area contributed by atoms with E-state index < -0.39 is 0 Å². The predicted molar refractivity (Wildman–Crippen MR) is 79.6 cm³/mol. The molecule has 0 fully saturated rings. The molecule has 2 aliphatic heterocycles. The number of fused-ring (bicyclic) bond motifs is 6. The molecule has 19 heavy (non-hydrogen) atoms. The lowest BCUT2D eigenvalue weighted by Crippen LogP contribution is -2.46. The molecule has 2 aliphatic rings. The average Bonchev–Trinajstić information content (AvgIpc) is 2.41. The summed E-state index contributed by atoms with van der Waals surface area (Å²) in [6.45, 7) is 7.43. The molecule has 0 amide bonds. The Morgan fingerprint density at radius 2 is 1.21 bits per heavy atom. The minimum absolute atomic E-state index is 1.02. The Labute approximate surface area is 114 Å². The molecule has 2 heterocycles. The molecule has 0 unspecified atom stereocenters. The SMILES string of the molecule is Cc1ccc2c(c1)N1Cc3ccc(C)cc3N(C2)C1. The van der Waals surface area contributed by atoms with Crippen LogP contribution in [0.4, 0.5) is 11.4 Å². The third-order valence-corrected chi connectivity index (χ3v) is 4.23.